The van der Waals surface area contributed by atoms with Gasteiger partial charge in [-0.3, -0.25) is 20.4 Å². The molecule has 10 heteroatoms. The number of amides is 2. The molecule has 1 aromatic carbocycles. The largest absolute Gasteiger partial charge is 0.469 e. The van der Waals surface area contributed by atoms with E-state index in [0.29, 0.717) is 5.76 Å². The zero-order valence-electron chi connectivity index (χ0n) is 13.7. The van der Waals surface area contributed by atoms with E-state index in [9.17, 15) is 18.0 Å². The van der Waals surface area contributed by atoms with Gasteiger partial charge in [-0.25, -0.2) is 13.1 Å². The molecule has 1 saturated carbocycles. The number of hydrogen-bond acceptors (Lipinski definition) is 5. The smallest absolute Gasteiger partial charge is 0.273 e. The molecular formula is C16H16ClN3O5S. The minimum Gasteiger partial charge on any atom is -0.469 e. The van der Waals surface area contributed by atoms with E-state index >= 15 is 0 Å². The molecule has 3 N–H and O–H groups in total. The van der Waals surface area contributed by atoms with Crippen molar-refractivity contribution in [1.29, 1.82) is 0 Å². The lowest BCUT2D eigenvalue weighted by Gasteiger charge is -2.10. The van der Waals surface area contributed by atoms with E-state index in [0.717, 1.165) is 18.9 Å². The Labute approximate surface area is 154 Å². The Morgan fingerprint density at radius 2 is 1.85 bits per heavy atom. The fourth-order valence-corrected chi connectivity index (χ4v) is 4.04. The number of halogens is 1. The first kappa shape index (κ1) is 18.4. The number of furan rings is 1. The fourth-order valence-electron chi connectivity index (χ4n) is 2.21. The number of hydrogen-bond donors (Lipinski definition) is 3. The normalized spacial score (nSPS) is 14.1. The van der Waals surface area contributed by atoms with Gasteiger partial charge in [-0.2, -0.15) is 0 Å². The number of sulfonamides is 1. The van der Waals surface area contributed by atoms with Crippen LogP contribution in [0, 0.1) is 6.92 Å². The van der Waals surface area contributed by atoms with Gasteiger partial charge in [0.1, 0.15) is 10.7 Å². The van der Waals surface area contributed by atoms with Crippen LogP contribution >= 0.6 is 11.6 Å². The molecule has 2 amide bonds. The predicted molar refractivity (Wildman–Crippen MR) is 93.2 cm³/mol. The van der Waals surface area contributed by atoms with Crippen LogP contribution in [0.2, 0.25) is 5.02 Å². The van der Waals surface area contributed by atoms with Gasteiger partial charge in [-0.15, -0.1) is 0 Å². The Morgan fingerprint density at radius 1 is 1.15 bits per heavy atom. The second kappa shape index (κ2) is 7.10. The Kier molecular flexibility index (Phi) is 5.03. The van der Waals surface area contributed by atoms with Gasteiger partial charge in [0.15, 0.2) is 0 Å². The number of carbonyl (C=O) groups excluding carboxylic acids is 2. The molecule has 1 heterocycles. The summed E-state index contributed by atoms with van der Waals surface area (Å²) in [7, 11) is -3.82. The average Bonchev–Trinajstić information content (AvgIpc) is 3.29. The summed E-state index contributed by atoms with van der Waals surface area (Å²) in [6.45, 7) is 1.61. The third kappa shape index (κ3) is 4.06. The predicted octanol–water partition coefficient (Wildman–Crippen LogP) is 1.76. The van der Waals surface area contributed by atoms with Crippen LogP contribution in [0.3, 0.4) is 0 Å². The molecule has 1 aromatic heterocycles. The molecule has 1 aliphatic rings. The van der Waals surface area contributed by atoms with Gasteiger partial charge in [-0.1, -0.05) is 11.6 Å². The summed E-state index contributed by atoms with van der Waals surface area (Å²) in [6, 6.07) is 5.22. The van der Waals surface area contributed by atoms with Crippen molar-refractivity contribution >= 4 is 33.4 Å². The first-order valence-electron chi connectivity index (χ1n) is 7.74. The van der Waals surface area contributed by atoms with Crippen LogP contribution in [0.5, 0.6) is 0 Å². The van der Waals surface area contributed by atoms with Crippen LogP contribution in [0.1, 0.15) is 39.3 Å². The highest BCUT2D eigenvalue weighted by Gasteiger charge is 2.29. The zero-order chi connectivity index (χ0) is 18.9. The maximum Gasteiger partial charge on any atom is 0.273 e. The molecule has 0 radical (unpaired) electrons. The molecule has 0 bridgehead atoms. The van der Waals surface area contributed by atoms with Crippen LogP contribution < -0.4 is 15.6 Å². The van der Waals surface area contributed by atoms with E-state index in [1.165, 1.54) is 24.5 Å². The molecular weight excluding hydrogens is 382 g/mol. The van der Waals surface area contributed by atoms with Crippen LogP contribution in [0.25, 0.3) is 0 Å². The molecule has 1 aliphatic carbocycles. The molecule has 2 aromatic rings. The van der Waals surface area contributed by atoms with Gasteiger partial charge >= 0.3 is 0 Å². The standard InChI is InChI=1S/C16H16ClN3O5S/c1-9-12(6-7-25-9)16(22)19-18-15(21)10-2-5-13(17)14(8-10)26(23,24)20-11-3-4-11/h2,5-8,11,20H,3-4H2,1H3,(H,18,21)(H,19,22). The topological polar surface area (TPSA) is 118 Å². The lowest BCUT2D eigenvalue weighted by Crippen LogP contribution is -2.41. The maximum absolute atomic E-state index is 12.3. The number of rotatable bonds is 5. The van der Waals surface area contributed by atoms with Crippen molar-refractivity contribution in [2.45, 2.75) is 30.7 Å². The lowest BCUT2D eigenvalue weighted by molar-refractivity contribution is 0.0845. The van der Waals surface area contributed by atoms with Gasteiger partial charge in [0, 0.05) is 11.6 Å². The van der Waals surface area contributed by atoms with Crippen molar-refractivity contribution in [2.24, 2.45) is 0 Å². The fraction of sp³-hybridized carbons (Fsp3) is 0.250. The van der Waals surface area contributed by atoms with Gasteiger partial charge < -0.3 is 4.42 Å². The summed E-state index contributed by atoms with van der Waals surface area (Å²) in [5.41, 5.74) is 4.78. The van der Waals surface area contributed by atoms with Crippen LogP contribution in [0.4, 0.5) is 0 Å². The molecule has 8 nitrogen and oxygen atoms in total. The molecule has 138 valence electrons. The second-order valence-corrected chi connectivity index (χ2v) is 7.93. The summed E-state index contributed by atoms with van der Waals surface area (Å²) in [6.07, 6.45) is 2.90. The number of aryl methyl sites for hydroxylation is 1. The van der Waals surface area contributed by atoms with Crippen molar-refractivity contribution in [3.63, 3.8) is 0 Å². The van der Waals surface area contributed by atoms with Crippen LogP contribution in [0.15, 0.2) is 39.8 Å². The third-order valence-corrected chi connectivity index (χ3v) is 5.78. The average molecular weight is 398 g/mol. The van der Waals surface area contributed by atoms with E-state index in [2.05, 4.69) is 15.6 Å². The Hall–Kier alpha value is -2.36. The molecule has 0 aliphatic heterocycles. The van der Waals surface area contributed by atoms with Crippen molar-refractivity contribution in [3.8, 4) is 0 Å². The van der Waals surface area contributed by atoms with Gasteiger partial charge in [-0.05, 0) is 44.0 Å². The molecule has 26 heavy (non-hydrogen) atoms. The molecule has 0 unspecified atom stereocenters. The van der Waals surface area contributed by atoms with E-state index in [1.807, 2.05) is 0 Å². The van der Waals surface area contributed by atoms with Crippen molar-refractivity contribution in [3.05, 3.63) is 52.4 Å². The summed E-state index contributed by atoms with van der Waals surface area (Å²) in [5, 5.41) is 0.00718. The SMILES string of the molecule is Cc1occc1C(=O)NNC(=O)c1ccc(Cl)c(S(=O)(=O)NC2CC2)c1. The highest BCUT2D eigenvalue weighted by Crippen LogP contribution is 2.26. The Morgan fingerprint density at radius 3 is 2.46 bits per heavy atom. The van der Waals surface area contributed by atoms with E-state index in [1.54, 1.807) is 6.92 Å². The Balaban J connectivity index is 1.72. The second-order valence-electron chi connectivity index (χ2n) is 5.84. The number of hydrazine groups is 1. The van der Waals surface area contributed by atoms with Crippen molar-refractivity contribution in [1.82, 2.24) is 15.6 Å². The molecule has 1 fully saturated rings. The van der Waals surface area contributed by atoms with E-state index in [-0.39, 0.29) is 27.1 Å². The third-order valence-electron chi connectivity index (χ3n) is 3.78. The summed E-state index contributed by atoms with van der Waals surface area (Å²) < 4.78 is 32.2. The van der Waals surface area contributed by atoms with Gasteiger partial charge in [0.2, 0.25) is 10.0 Å². The number of carbonyl (C=O) groups is 2. The van der Waals surface area contributed by atoms with Gasteiger partial charge in [0.05, 0.1) is 16.8 Å². The first-order valence-corrected chi connectivity index (χ1v) is 9.60. The van der Waals surface area contributed by atoms with E-state index in [4.69, 9.17) is 16.0 Å². The highest BCUT2D eigenvalue weighted by molar-refractivity contribution is 7.89. The number of nitrogens with one attached hydrogen (secondary N) is 3. The van der Waals surface area contributed by atoms with Crippen LogP contribution in [-0.4, -0.2) is 26.3 Å². The monoisotopic (exact) mass is 397 g/mol. The molecule has 0 saturated heterocycles. The highest BCUT2D eigenvalue weighted by atomic mass is 35.5. The van der Waals surface area contributed by atoms with Gasteiger partial charge in [0.25, 0.3) is 11.8 Å². The summed E-state index contributed by atoms with van der Waals surface area (Å²) in [5.74, 6) is -0.830. The minimum atomic E-state index is -3.82. The zero-order valence-corrected chi connectivity index (χ0v) is 15.3. The lowest BCUT2D eigenvalue weighted by atomic mass is 10.2. The van der Waals surface area contributed by atoms with Crippen molar-refractivity contribution < 1.29 is 22.4 Å². The molecule has 0 atom stereocenters. The molecule has 0 spiro atoms. The quantitative estimate of drug-likeness (QED) is 0.664. The number of benzene rings is 1. The van der Waals surface area contributed by atoms with E-state index < -0.39 is 21.8 Å². The molecule has 3 rings (SSSR count). The summed E-state index contributed by atoms with van der Waals surface area (Å²) in [4.78, 5) is 24.0. The maximum atomic E-state index is 12.3. The minimum absolute atomic E-state index is 0.00718. The first-order chi connectivity index (χ1) is 12.3. The summed E-state index contributed by atoms with van der Waals surface area (Å²) >= 11 is 5.97. The Bertz CT molecular complexity index is 966. The van der Waals surface area contributed by atoms with Crippen LogP contribution in [-0.2, 0) is 10.0 Å². The van der Waals surface area contributed by atoms with Crippen molar-refractivity contribution in [2.75, 3.05) is 0 Å².